The maximum atomic E-state index is 12.7. The smallest absolute Gasteiger partial charge is 0.321 e. The van der Waals surface area contributed by atoms with Crippen LogP contribution in [-0.4, -0.2) is 43.7 Å². The van der Waals surface area contributed by atoms with Crippen LogP contribution in [0.15, 0.2) is 18.2 Å². The number of nitrogens with zero attached hydrogens (tertiary/aromatic N) is 1. The Morgan fingerprint density at radius 1 is 1.07 bits per heavy atom. The van der Waals surface area contributed by atoms with Gasteiger partial charge in [0.2, 0.25) is 10.0 Å². The molecule has 1 fully saturated rings. The van der Waals surface area contributed by atoms with E-state index in [1.54, 1.807) is 18.7 Å². The molecule has 28 heavy (non-hydrogen) atoms. The number of fused-ring (bicyclic) bond motifs is 1. The number of rotatable bonds is 4. The Hall–Kier alpha value is -1.60. The number of hydrogen-bond donors (Lipinski definition) is 2. The molecule has 2 aliphatic rings. The van der Waals surface area contributed by atoms with E-state index in [1.807, 2.05) is 6.07 Å². The fourth-order valence-corrected chi connectivity index (χ4v) is 5.20. The third kappa shape index (κ3) is 4.20. The van der Waals surface area contributed by atoms with Crippen molar-refractivity contribution >= 4 is 21.7 Å². The minimum absolute atomic E-state index is 0.0970. The van der Waals surface area contributed by atoms with Crippen LogP contribution in [0.25, 0.3) is 0 Å². The first-order valence-corrected chi connectivity index (χ1v) is 11.9. The summed E-state index contributed by atoms with van der Waals surface area (Å²) in [5.74, 6) is 1.64. The van der Waals surface area contributed by atoms with Gasteiger partial charge in [0.05, 0.1) is 5.25 Å². The lowest BCUT2D eigenvalue weighted by atomic mass is 9.91. The van der Waals surface area contributed by atoms with Gasteiger partial charge in [-0.05, 0) is 67.7 Å². The predicted octanol–water partition coefficient (Wildman–Crippen LogP) is 3.87. The summed E-state index contributed by atoms with van der Waals surface area (Å²) in [6, 6.07) is 6.03. The SMILES string of the molecule is CC1c2ccc(NC(=O)N3CCC(NS(=O)(=O)C(C)C)CC3)cc2C(C)C1C. The van der Waals surface area contributed by atoms with Crippen molar-refractivity contribution in [3.63, 3.8) is 0 Å². The van der Waals surface area contributed by atoms with Crippen LogP contribution in [0.3, 0.4) is 0 Å². The standard InChI is InChI=1S/C21H33N3O3S/c1-13(2)28(26,27)23-17-8-10-24(11-9-17)21(25)22-18-6-7-19-15(4)14(3)16(5)20(19)12-18/h6-7,12-17,23H,8-11H2,1-5H3,(H,22,25). The second kappa shape index (κ2) is 8.03. The number of amides is 2. The molecule has 1 heterocycles. The molecule has 0 saturated carbocycles. The molecule has 1 aromatic rings. The van der Waals surface area contributed by atoms with Gasteiger partial charge >= 0.3 is 6.03 Å². The molecule has 0 radical (unpaired) electrons. The normalized spacial score (nSPS) is 25.8. The molecule has 156 valence electrons. The zero-order valence-corrected chi connectivity index (χ0v) is 18.3. The number of carbonyl (C=O) groups is 1. The Balaban J connectivity index is 1.57. The zero-order valence-electron chi connectivity index (χ0n) is 17.5. The van der Waals surface area contributed by atoms with Crippen molar-refractivity contribution < 1.29 is 13.2 Å². The lowest BCUT2D eigenvalue weighted by Crippen LogP contribution is -2.48. The van der Waals surface area contributed by atoms with Gasteiger partial charge in [0.15, 0.2) is 0 Å². The second-order valence-electron chi connectivity index (χ2n) is 8.68. The van der Waals surface area contributed by atoms with Crippen LogP contribution in [0.1, 0.15) is 70.4 Å². The van der Waals surface area contributed by atoms with Crippen LogP contribution in [0.4, 0.5) is 10.5 Å². The van der Waals surface area contributed by atoms with Crippen molar-refractivity contribution in [3.05, 3.63) is 29.3 Å². The lowest BCUT2D eigenvalue weighted by molar-refractivity contribution is 0.193. The molecule has 1 aromatic carbocycles. The molecule has 2 amide bonds. The molecule has 0 aromatic heterocycles. The van der Waals surface area contributed by atoms with Gasteiger partial charge < -0.3 is 10.2 Å². The monoisotopic (exact) mass is 407 g/mol. The number of nitrogens with one attached hydrogen (secondary N) is 2. The number of likely N-dealkylation sites (tertiary alicyclic amines) is 1. The summed E-state index contributed by atoms with van der Waals surface area (Å²) in [5.41, 5.74) is 3.55. The maximum absolute atomic E-state index is 12.7. The highest BCUT2D eigenvalue weighted by atomic mass is 32.2. The highest BCUT2D eigenvalue weighted by molar-refractivity contribution is 7.90. The van der Waals surface area contributed by atoms with Gasteiger partial charge in [-0.2, -0.15) is 0 Å². The molecule has 6 nitrogen and oxygen atoms in total. The minimum atomic E-state index is -3.27. The first-order valence-electron chi connectivity index (χ1n) is 10.3. The summed E-state index contributed by atoms with van der Waals surface area (Å²) in [7, 11) is -3.27. The largest absolute Gasteiger partial charge is 0.324 e. The van der Waals surface area contributed by atoms with Gasteiger partial charge in [-0.1, -0.05) is 26.8 Å². The Morgan fingerprint density at radius 2 is 1.68 bits per heavy atom. The van der Waals surface area contributed by atoms with Crippen molar-refractivity contribution in [1.82, 2.24) is 9.62 Å². The van der Waals surface area contributed by atoms with Crippen LogP contribution in [-0.2, 0) is 10.0 Å². The molecule has 0 spiro atoms. The zero-order chi connectivity index (χ0) is 20.6. The first-order chi connectivity index (χ1) is 13.1. The van der Waals surface area contributed by atoms with E-state index in [0.717, 1.165) is 5.69 Å². The van der Waals surface area contributed by atoms with Gasteiger partial charge in [-0.15, -0.1) is 0 Å². The lowest BCUT2D eigenvalue weighted by Gasteiger charge is -2.32. The molecular weight excluding hydrogens is 374 g/mol. The average Bonchev–Trinajstić information content (AvgIpc) is 2.86. The van der Waals surface area contributed by atoms with Gasteiger partial charge in [0, 0.05) is 24.8 Å². The molecular formula is C21H33N3O3S. The highest BCUT2D eigenvalue weighted by Crippen LogP contribution is 2.46. The fraction of sp³-hybridized carbons (Fsp3) is 0.667. The van der Waals surface area contributed by atoms with E-state index in [4.69, 9.17) is 0 Å². The van der Waals surface area contributed by atoms with E-state index in [9.17, 15) is 13.2 Å². The van der Waals surface area contributed by atoms with Crippen molar-refractivity contribution in [2.24, 2.45) is 5.92 Å². The minimum Gasteiger partial charge on any atom is -0.324 e. The topological polar surface area (TPSA) is 78.5 Å². The molecule has 1 aliphatic carbocycles. The Kier molecular flexibility index (Phi) is 6.05. The van der Waals surface area contributed by atoms with Crippen LogP contribution < -0.4 is 10.0 Å². The summed E-state index contributed by atoms with van der Waals surface area (Å²) in [4.78, 5) is 14.4. The molecule has 1 saturated heterocycles. The Labute approximate surface area is 169 Å². The van der Waals surface area contributed by atoms with Crippen molar-refractivity contribution in [2.75, 3.05) is 18.4 Å². The van der Waals surface area contributed by atoms with Crippen LogP contribution >= 0.6 is 0 Å². The summed E-state index contributed by atoms with van der Waals surface area (Å²) in [5, 5.41) is 2.58. The second-order valence-corrected chi connectivity index (χ2v) is 11.0. The molecule has 3 atom stereocenters. The number of sulfonamides is 1. The summed E-state index contributed by atoms with van der Waals surface area (Å²) in [6.45, 7) is 11.2. The van der Waals surface area contributed by atoms with E-state index < -0.39 is 15.3 Å². The number of benzene rings is 1. The average molecular weight is 408 g/mol. The number of hydrogen-bond acceptors (Lipinski definition) is 3. The van der Waals surface area contributed by atoms with Crippen molar-refractivity contribution in [1.29, 1.82) is 0 Å². The molecule has 1 aliphatic heterocycles. The molecule has 0 bridgehead atoms. The van der Waals surface area contributed by atoms with E-state index in [-0.39, 0.29) is 12.1 Å². The number of piperidine rings is 1. The van der Waals surface area contributed by atoms with Gasteiger partial charge in [0.25, 0.3) is 0 Å². The van der Waals surface area contributed by atoms with E-state index in [1.165, 1.54) is 11.1 Å². The third-order valence-corrected chi connectivity index (χ3v) is 8.53. The van der Waals surface area contributed by atoms with Crippen molar-refractivity contribution in [3.8, 4) is 0 Å². The van der Waals surface area contributed by atoms with Crippen molar-refractivity contribution in [2.45, 2.75) is 70.6 Å². The van der Waals surface area contributed by atoms with Crippen LogP contribution in [0.2, 0.25) is 0 Å². The van der Waals surface area contributed by atoms with Gasteiger partial charge in [-0.3, -0.25) is 0 Å². The molecule has 7 heteroatoms. The number of urea groups is 1. The maximum Gasteiger partial charge on any atom is 0.321 e. The van der Waals surface area contributed by atoms with E-state index >= 15 is 0 Å². The Morgan fingerprint density at radius 3 is 2.29 bits per heavy atom. The van der Waals surface area contributed by atoms with E-state index in [2.05, 4.69) is 42.9 Å². The van der Waals surface area contributed by atoms with Gasteiger partial charge in [-0.25, -0.2) is 17.9 Å². The van der Waals surface area contributed by atoms with Crippen LogP contribution in [0.5, 0.6) is 0 Å². The fourth-order valence-electron chi connectivity index (χ4n) is 4.23. The number of anilines is 1. The highest BCUT2D eigenvalue weighted by Gasteiger charge is 2.32. The summed E-state index contributed by atoms with van der Waals surface area (Å²) < 4.78 is 26.8. The number of carbonyl (C=O) groups excluding carboxylic acids is 1. The third-order valence-electron chi connectivity index (χ3n) is 6.63. The Bertz CT molecular complexity index is 829. The first kappa shape index (κ1) is 21.1. The summed E-state index contributed by atoms with van der Waals surface area (Å²) in [6.07, 6.45) is 1.27. The van der Waals surface area contributed by atoms with Crippen LogP contribution in [0, 0.1) is 5.92 Å². The molecule has 3 unspecified atom stereocenters. The predicted molar refractivity (Wildman–Crippen MR) is 113 cm³/mol. The quantitative estimate of drug-likeness (QED) is 0.795. The van der Waals surface area contributed by atoms with E-state index in [0.29, 0.717) is 43.7 Å². The molecule has 2 N–H and O–H groups in total. The summed E-state index contributed by atoms with van der Waals surface area (Å²) >= 11 is 0. The van der Waals surface area contributed by atoms with Gasteiger partial charge in [0.1, 0.15) is 0 Å². The molecule has 3 rings (SSSR count).